The van der Waals surface area contributed by atoms with Gasteiger partial charge in [0.1, 0.15) is 5.82 Å². The van der Waals surface area contributed by atoms with E-state index in [2.05, 4.69) is 24.8 Å². The minimum absolute atomic E-state index is 0.148. The summed E-state index contributed by atoms with van der Waals surface area (Å²) >= 11 is 0. The van der Waals surface area contributed by atoms with Crippen LogP contribution in [0.15, 0.2) is 48.7 Å². The van der Waals surface area contributed by atoms with Crippen LogP contribution in [0.25, 0.3) is 22.4 Å². The maximum Gasteiger partial charge on any atom is 0.224 e. The van der Waals surface area contributed by atoms with E-state index in [9.17, 15) is 4.39 Å². The third-order valence-electron chi connectivity index (χ3n) is 6.11. The number of nitrogens with two attached hydrogens (primary N) is 1. The third-order valence-corrected chi connectivity index (χ3v) is 6.11. The van der Waals surface area contributed by atoms with Crippen LogP contribution in [0.2, 0.25) is 0 Å². The quantitative estimate of drug-likeness (QED) is 0.450. The fourth-order valence-corrected chi connectivity index (χ4v) is 4.25. The van der Waals surface area contributed by atoms with Crippen LogP contribution in [-0.4, -0.2) is 65.2 Å². The van der Waals surface area contributed by atoms with Gasteiger partial charge in [-0.05, 0) is 24.3 Å². The second kappa shape index (κ2) is 9.67. The smallest absolute Gasteiger partial charge is 0.224 e. The van der Waals surface area contributed by atoms with E-state index in [4.69, 9.17) is 20.2 Å². The summed E-state index contributed by atoms with van der Waals surface area (Å²) in [6.45, 7) is 3.46. The molecule has 0 spiro atoms. The molecule has 35 heavy (non-hydrogen) atoms. The Morgan fingerprint density at radius 1 is 0.943 bits per heavy atom. The number of piperazine rings is 1. The number of fused-ring (bicyclic) bond motifs is 1. The number of rotatable bonds is 6. The monoisotopic (exact) mass is 475 g/mol. The summed E-state index contributed by atoms with van der Waals surface area (Å²) in [4.78, 5) is 22.5. The van der Waals surface area contributed by atoms with Crippen LogP contribution in [0.1, 0.15) is 5.56 Å². The van der Waals surface area contributed by atoms with Crippen LogP contribution in [0.4, 0.5) is 16.2 Å². The van der Waals surface area contributed by atoms with Crippen molar-refractivity contribution in [2.75, 3.05) is 51.0 Å². The van der Waals surface area contributed by atoms with Crippen molar-refractivity contribution < 1.29 is 13.9 Å². The van der Waals surface area contributed by atoms with Crippen molar-refractivity contribution in [1.82, 2.24) is 24.8 Å². The Hall–Kier alpha value is -4.05. The number of nitrogens with zero attached hydrogens (tertiary/aromatic N) is 6. The van der Waals surface area contributed by atoms with Crippen LogP contribution in [0.5, 0.6) is 11.5 Å². The van der Waals surface area contributed by atoms with E-state index < -0.39 is 0 Å². The van der Waals surface area contributed by atoms with Crippen molar-refractivity contribution in [1.29, 1.82) is 0 Å². The van der Waals surface area contributed by atoms with Crippen molar-refractivity contribution in [2.45, 2.75) is 6.54 Å². The molecule has 5 rings (SSSR count). The average molecular weight is 476 g/mol. The van der Waals surface area contributed by atoms with Crippen molar-refractivity contribution in [2.24, 2.45) is 0 Å². The first-order valence-corrected chi connectivity index (χ1v) is 11.3. The van der Waals surface area contributed by atoms with E-state index in [1.807, 2.05) is 30.3 Å². The molecule has 10 heteroatoms. The molecule has 2 aromatic heterocycles. The predicted molar refractivity (Wildman–Crippen MR) is 132 cm³/mol. The summed E-state index contributed by atoms with van der Waals surface area (Å²) < 4.78 is 24.8. The molecule has 0 amide bonds. The molecule has 2 N–H and O–H groups in total. The highest BCUT2D eigenvalue weighted by molar-refractivity contribution is 5.86. The van der Waals surface area contributed by atoms with E-state index in [0.29, 0.717) is 59.4 Å². The molecule has 2 aromatic carbocycles. The maximum atomic E-state index is 14.1. The van der Waals surface area contributed by atoms with Gasteiger partial charge in [-0.2, -0.15) is 9.97 Å². The fourth-order valence-electron chi connectivity index (χ4n) is 4.25. The molecule has 0 atom stereocenters. The molecule has 180 valence electrons. The topological polar surface area (TPSA) is 103 Å². The minimum Gasteiger partial charge on any atom is -0.493 e. The Kier molecular flexibility index (Phi) is 6.28. The number of nitrogen functional groups attached to an aromatic ring is 1. The molecule has 1 saturated heterocycles. The molecule has 1 aliphatic heterocycles. The predicted octanol–water partition coefficient (Wildman–Crippen LogP) is 3.15. The summed E-state index contributed by atoms with van der Waals surface area (Å²) in [6, 6.07) is 12.5. The number of aromatic nitrogens is 4. The first-order chi connectivity index (χ1) is 17.1. The molecule has 1 aliphatic rings. The summed E-state index contributed by atoms with van der Waals surface area (Å²) in [5.41, 5.74) is 9.19. The van der Waals surface area contributed by atoms with E-state index in [0.717, 1.165) is 18.7 Å². The molecule has 9 nitrogen and oxygen atoms in total. The van der Waals surface area contributed by atoms with Gasteiger partial charge in [-0.15, -0.1) is 0 Å². The van der Waals surface area contributed by atoms with Gasteiger partial charge in [0.2, 0.25) is 5.95 Å². The Balaban J connectivity index is 1.42. The lowest BCUT2D eigenvalue weighted by Crippen LogP contribution is -2.46. The van der Waals surface area contributed by atoms with Crippen molar-refractivity contribution in [3.05, 3.63) is 60.0 Å². The number of hydrogen-bond acceptors (Lipinski definition) is 9. The zero-order chi connectivity index (χ0) is 24.4. The fraction of sp³-hybridized carbons (Fsp3) is 0.280. The second-order valence-corrected chi connectivity index (χ2v) is 8.26. The SMILES string of the molecule is COc1ccc(-c2cnc3nc(N)nc(N4CCN(Cc5ccccc5F)CC4)c3n2)cc1OC. The minimum atomic E-state index is -0.178. The molecule has 0 aliphatic carbocycles. The highest BCUT2D eigenvalue weighted by Gasteiger charge is 2.23. The molecule has 3 heterocycles. The van der Waals surface area contributed by atoms with Gasteiger partial charge in [-0.1, -0.05) is 18.2 Å². The number of anilines is 2. The largest absolute Gasteiger partial charge is 0.493 e. The average Bonchev–Trinajstić information content (AvgIpc) is 2.89. The molecule has 4 aromatic rings. The standard InChI is InChI=1S/C25H26FN7O2/c1-34-20-8-7-16(13-21(20)35-2)19-14-28-23-22(29-19)24(31-25(27)30-23)33-11-9-32(10-12-33)15-17-5-3-4-6-18(17)26/h3-8,13-14H,9-12,15H2,1-2H3,(H2,27,28,30,31). The van der Waals surface area contributed by atoms with E-state index in [1.165, 1.54) is 6.07 Å². The number of benzene rings is 2. The molecule has 1 fully saturated rings. The van der Waals surface area contributed by atoms with Crippen LogP contribution in [-0.2, 0) is 6.54 Å². The van der Waals surface area contributed by atoms with Crippen LogP contribution in [0.3, 0.4) is 0 Å². The molecular weight excluding hydrogens is 449 g/mol. The third kappa shape index (κ3) is 4.65. The number of halogens is 1. The Morgan fingerprint density at radius 3 is 2.46 bits per heavy atom. The van der Waals surface area contributed by atoms with Gasteiger partial charge < -0.3 is 20.1 Å². The van der Waals surface area contributed by atoms with Crippen LogP contribution < -0.4 is 20.1 Å². The molecule has 0 unspecified atom stereocenters. The lowest BCUT2D eigenvalue weighted by molar-refractivity contribution is 0.246. The van der Waals surface area contributed by atoms with Crippen molar-refractivity contribution in [3.63, 3.8) is 0 Å². The zero-order valence-corrected chi connectivity index (χ0v) is 19.6. The summed E-state index contributed by atoms with van der Waals surface area (Å²) in [5.74, 6) is 1.85. The molecule has 0 saturated carbocycles. The summed E-state index contributed by atoms with van der Waals surface area (Å²) in [5, 5.41) is 0. The summed E-state index contributed by atoms with van der Waals surface area (Å²) in [7, 11) is 3.19. The Morgan fingerprint density at radius 2 is 1.71 bits per heavy atom. The van der Waals surface area contributed by atoms with Crippen LogP contribution >= 0.6 is 0 Å². The van der Waals surface area contributed by atoms with Gasteiger partial charge in [-0.25, -0.2) is 14.4 Å². The lowest BCUT2D eigenvalue weighted by atomic mass is 10.1. The van der Waals surface area contributed by atoms with Crippen molar-refractivity contribution in [3.8, 4) is 22.8 Å². The molecular formula is C25H26FN7O2. The first-order valence-electron chi connectivity index (χ1n) is 11.3. The van der Waals surface area contributed by atoms with Gasteiger partial charge in [0, 0.05) is 43.9 Å². The van der Waals surface area contributed by atoms with Crippen LogP contribution in [0, 0.1) is 5.82 Å². The Bertz CT molecular complexity index is 1360. The van der Waals surface area contributed by atoms with Gasteiger partial charge in [0.05, 0.1) is 26.1 Å². The van der Waals surface area contributed by atoms with Gasteiger partial charge >= 0.3 is 0 Å². The molecule has 0 radical (unpaired) electrons. The number of ether oxygens (including phenoxy) is 2. The van der Waals surface area contributed by atoms with Crippen molar-refractivity contribution >= 4 is 22.9 Å². The second-order valence-electron chi connectivity index (χ2n) is 8.26. The van der Waals surface area contributed by atoms with E-state index in [1.54, 1.807) is 26.5 Å². The maximum absolute atomic E-state index is 14.1. The highest BCUT2D eigenvalue weighted by Crippen LogP contribution is 2.33. The first kappa shape index (κ1) is 22.7. The number of hydrogen-bond donors (Lipinski definition) is 1. The highest BCUT2D eigenvalue weighted by atomic mass is 19.1. The zero-order valence-electron chi connectivity index (χ0n) is 19.6. The van der Waals surface area contributed by atoms with E-state index in [-0.39, 0.29) is 11.8 Å². The van der Waals surface area contributed by atoms with Gasteiger partial charge in [-0.3, -0.25) is 4.90 Å². The number of methoxy groups -OCH3 is 2. The normalized spacial score (nSPS) is 14.3. The van der Waals surface area contributed by atoms with E-state index >= 15 is 0 Å². The van der Waals surface area contributed by atoms with Gasteiger partial charge in [0.15, 0.2) is 28.5 Å². The Labute approximate surface area is 202 Å². The lowest BCUT2D eigenvalue weighted by Gasteiger charge is -2.35. The van der Waals surface area contributed by atoms with Gasteiger partial charge in [0.25, 0.3) is 0 Å². The molecule has 0 bridgehead atoms. The summed E-state index contributed by atoms with van der Waals surface area (Å²) in [6.07, 6.45) is 1.66.